The van der Waals surface area contributed by atoms with E-state index in [2.05, 4.69) is 35.0 Å². The Bertz CT molecular complexity index is 1360. The maximum Gasteiger partial charge on any atom is 0.269 e. The molecule has 3 aromatic heterocycles. The van der Waals surface area contributed by atoms with Gasteiger partial charge in [-0.2, -0.15) is 0 Å². The molecular formula is C23H24FN7O3S. The first-order valence-electron chi connectivity index (χ1n) is 11.4. The third kappa shape index (κ3) is 4.97. The Morgan fingerprint density at radius 2 is 1.89 bits per heavy atom. The molecule has 0 radical (unpaired) electrons. The second-order valence-electron chi connectivity index (χ2n) is 8.76. The number of carbonyl (C=O) groups is 1. The summed E-state index contributed by atoms with van der Waals surface area (Å²) in [6, 6.07) is 4.54. The van der Waals surface area contributed by atoms with E-state index in [1.807, 2.05) is 0 Å². The molecule has 1 amide bonds. The number of hydrogen-bond donors (Lipinski definition) is 2. The highest BCUT2D eigenvalue weighted by Crippen LogP contribution is 2.39. The Morgan fingerprint density at radius 3 is 2.54 bits per heavy atom. The predicted octanol–water partition coefficient (Wildman–Crippen LogP) is 3.32. The number of amides is 1. The maximum absolute atomic E-state index is 15.9. The zero-order chi connectivity index (χ0) is 24.6. The van der Waals surface area contributed by atoms with Crippen molar-refractivity contribution >= 4 is 27.7 Å². The summed E-state index contributed by atoms with van der Waals surface area (Å²) in [5.74, 6) is -0.614. The van der Waals surface area contributed by atoms with E-state index in [0.29, 0.717) is 24.5 Å². The minimum Gasteiger partial charge on any atom is -0.308 e. The number of rotatable bonds is 9. The van der Waals surface area contributed by atoms with E-state index in [4.69, 9.17) is 0 Å². The van der Waals surface area contributed by atoms with Crippen molar-refractivity contribution in [3.63, 3.8) is 0 Å². The molecule has 12 heteroatoms. The van der Waals surface area contributed by atoms with Gasteiger partial charge in [0.25, 0.3) is 5.91 Å². The highest BCUT2D eigenvalue weighted by atomic mass is 32.2. The van der Waals surface area contributed by atoms with Gasteiger partial charge >= 0.3 is 0 Å². The van der Waals surface area contributed by atoms with E-state index in [9.17, 15) is 13.2 Å². The Kier molecular flexibility index (Phi) is 5.91. The molecule has 2 aliphatic rings. The van der Waals surface area contributed by atoms with Crippen LogP contribution >= 0.6 is 0 Å². The Hall–Kier alpha value is -3.54. The number of aromatic nitrogens is 5. The molecular weight excluding hydrogens is 473 g/mol. The lowest BCUT2D eigenvalue weighted by molar-refractivity contribution is -0.128. The molecule has 3 aromatic rings. The van der Waals surface area contributed by atoms with Crippen LogP contribution in [0.15, 0.2) is 43.0 Å². The number of alkyl halides is 1. The number of hydrogen-bond acceptors (Lipinski definition) is 8. The molecule has 2 N–H and O–H groups in total. The first-order valence-corrected chi connectivity index (χ1v) is 13.0. The first-order chi connectivity index (χ1) is 16.8. The summed E-state index contributed by atoms with van der Waals surface area (Å²) < 4.78 is 42.5. The first kappa shape index (κ1) is 23.2. The van der Waals surface area contributed by atoms with E-state index in [1.165, 1.54) is 25.4 Å². The number of sulfonamides is 1. The van der Waals surface area contributed by atoms with Gasteiger partial charge in [-0.3, -0.25) is 14.5 Å². The van der Waals surface area contributed by atoms with Crippen molar-refractivity contribution in [3.8, 4) is 11.3 Å². The largest absolute Gasteiger partial charge is 0.308 e. The van der Waals surface area contributed by atoms with Crippen LogP contribution in [0, 0.1) is 0 Å². The average Bonchev–Trinajstić information content (AvgIpc) is 3.76. The second-order valence-corrected chi connectivity index (χ2v) is 10.7. The molecule has 3 heterocycles. The van der Waals surface area contributed by atoms with Crippen LogP contribution in [0.4, 0.5) is 16.2 Å². The van der Waals surface area contributed by atoms with Gasteiger partial charge in [-0.05, 0) is 50.3 Å². The van der Waals surface area contributed by atoms with Crippen molar-refractivity contribution in [2.24, 2.45) is 0 Å². The van der Waals surface area contributed by atoms with Crippen LogP contribution in [0.25, 0.3) is 11.3 Å². The van der Waals surface area contributed by atoms with Gasteiger partial charge in [0.1, 0.15) is 5.82 Å². The fourth-order valence-corrected chi connectivity index (χ4v) is 4.88. The summed E-state index contributed by atoms with van der Waals surface area (Å²) >= 11 is 0. The number of carbonyl (C=O) groups excluding carboxylic acids is 1. The number of pyridine rings is 1. The molecule has 0 saturated heterocycles. The van der Waals surface area contributed by atoms with Crippen LogP contribution in [-0.4, -0.2) is 44.5 Å². The van der Waals surface area contributed by atoms with Crippen molar-refractivity contribution in [1.82, 2.24) is 24.9 Å². The molecule has 2 saturated carbocycles. The van der Waals surface area contributed by atoms with Crippen molar-refractivity contribution in [2.45, 2.75) is 55.9 Å². The zero-order valence-corrected chi connectivity index (χ0v) is 19.8. The molecule has 0 aliphatic heterocycles. The molecule has 5 rings (SSSR count). The van der Waals surface area contributed by atoms with Crippen molar-refractivity contribution < 1.29 is 17.6 Å². The van der Waals surface area contributed by atoms with Gasteiger partial charge in [0, 0.05) is 30.1 Å². The van der Waals surface area contributed by atoms with Gasteiger partial charge in [0.2, 0.25) is 21.6 Å². The van der Waals surface area contributed by atoms with Crippen LogP contribution in [-0.2, 0) is 20.5 Å². The minimum absolute atomic E-state index is 0.157. The molecule has 35 heavy (non-hydrogen) atoms. The number of halogens is 1. The molecule has 0 aromatic carbocycles. The lowest BCUT2D eigenvalue weighted by Gasteiger charge is -2.22. The molecule has 2 aliphatic carbocycles. The Morgan fingerprint density at radius 1 is 1.09 bits per heavy atom. The summed E-state index contributed by atoms with van der Waals surface area (Å²) in [5, 5.41) is 2.00. The fourth-order valence-electron chi connectivity index (χ4n) is 3.61. The smallest absolute Gasteiger partial charge is 0.269 e. The van der Waals surface area contributed by atoms with E-state index in [1.54, 1.807) is 24.5 Å². The molecule has 0 spiro atoms. The lowest BCUT2D eigenvalue weighted by atomic mass is 9.97. The van der Waals surface area contributed by atoms with Crippen LogP contribution in [0.1, 0.15) is 56.3 Å². The quantitative estimate of drug-likeness (QED) is 0.459. The molecule has 10 nitrogen and oxygen atoms in total. The highest BCUT2D eigenvalue weighted by molar-refractivity contribution is 7.93. The maximum atomic E-state index is 15.9. The van der Waals surface area contributed by atoms with Crippen LogP contribution in [0.3, 0.4) is 0 Å². The summed E-state index contributed by atoms with van der Waals surface area (Å²) in [7, 11) is -3.63. The van der Waals surface area contributed by atoms with Crippen molar-refractivity contribution in [1.29, 1.82) is 0 Å². The van der Waals surface area contributed by atoms with Gasteiger partial charge in [-0.15, -0.1) is 0 Å². The summed E-state index contributed by atoms with van der Waals surface area (Å²) in [6.07, 6.45) is 9.29. The fraction of sp³-hybridized carbons (Fsp3) is 0.391. The van der Waals surface area contributed by atoms with Crippen LogP contribution in [0.2, 0.25) is 0 Å². The van der Waals surface area contributed by atoms with E-state index >= 15 is 4.39 Å². The number of nitrogens with one attached hydrogen (secondary N) is 2. The van der Waals surface area contributed by atoms with Crippen LogP contribution < -0.4 is 10.0 Å². The molecule has 0 bridgehead atoms. The Labute approximate surface area is 201 Å². The summed E-state index contributed by atoms with van der Waals surface area (Å²) in [5.41, 5.74) is -0.412. The van der Waals surface area contributed by atoms with E-state index in [-0.39, 0.29) is 23.9 Å². The standard InChI is InChI=1S/C23H24FN7O3S/c1-2-23(24,19-9-10-26-22(29-19)31-35(33,34)16-6-7-16)21(32)30-20-8-5-15(11-27-20)18-13-25-12-17(28-18)14-3-4-14/h5,8-14,16H,2-4,6-7H2,1H3,(H,26,29,31)(H,27,30,32). The molecule has 1 unspecified atom stereocenters. The average molecular weight is 498 g/mol. The van der Waals surface area contributed by atoms with Crippen molar-refractivity contribution in [3.05, 3.63) is 54.4 Å². The molecule has 182 valence electrons. The topological polar surface area (TPSA) is 140 Å². The van der Waals surface area contributed by atoms with Gasteiger partial charge in [0.15, 0.2) is 0 Å². The molecule has 1 atom stereocenters. The number of anilines is 2. The van der Waals surface area contributed by atoms with E-state index in [0.717, 1.165) is 24.1 Å². The Balaban J connectivity index is 1.31. The van der Waals surface area contributed by atoms with Gasteiger partial charge in [-0.1, -0.05) is 6.92 Å². The number of nitrogens with zero attached hydrogens (tertiary/aromatic N) is 5. The van der Waals surface area contributed by atoms with Gasteiger partial charge in [-0.25, -0.2) is 32.7 Å². The monoisotopic (exact) mass is 497 g/mol. The van der Waals surface area contributed by atoms with E-state index < -0.39 is 26.8 Å². The summed E-state index contributed by atoms with van der Waals surface area (Å²) in [6.45, 7) is 1.50. The highest BCUT2D eigenvalue weighted by Gasteiger charge is 2.42. The zero-order valence-electron chi connectivity index (χ0n) is 19.0. The molecule has 2 fully saturated rings. The third-order valence-electron chi connectivity index (χ3n) is 6.06. The second kappa shape index (κ2) is 8.91. The van der Waals surface area contributed by atoms with Crippen LogP contribution in [0.5, 0.6) is 0 Å². The summed E-state index contributed by atoms with van der Waals surface area (Å²) in [4.78, 5) is 33.9. The van der Waals surface area contributed by atoms with Crippen molar-refractivity contribution in [2.75, 3.05) is 10.0 Å². The SMILES string of the molecule is CCC(F)(C(=O)Nc1ccc(-c2cncc(C3CC3)n2)cn1)c1ccnc(NS(=O)(=O)C2CC2)n1. The predicted molar refractivity (Wildman–Crippen MR) is 127 cm³/mol. The normalized spacial score (nSPS) is 17.4. The minimum atomic E-state index is -3.63. The van der Waals surface area contributed by atoms with Gasteiger partial charge < -0.3 is 5.32 Å². The van der Waals surface area contributed by atoms with Gasteiger partial charge in [0.05, 0.1) is 28.5 Å². The third-order valence-corrected chi connectivity index (χ3v) is 7.87. The lowest BCUT2D eigenvalue weighted by Crippen LogP contribution is -2.37.